The highest BCUT2D eigenvalue weighted by Crippen LogP contribution is 2.24. The van der Waals surface area contributed by atoms with Crippen molar-refractivity contribution in [1.82, 2.24) is 9.55 Å². The molecule has 0 radical (unpaired) electrons. The Bertz CT molecular complexity index is 470. The Morgan fingerprint density at radius 1 is 1.54 bits per heavy atom. The Kier molecular flexibility index (Phi) is 1.20. The zero-order valence-corrected chi connectivity index (χ0v) is 7.54. The standard InChI is InChI=1S/C10H11N3/c1-13-5-3-8-9(13)6-7-2-4-11-10(7)12-8/h3,5-6H,2,4H2,1H3,(H,11,12). The summed E-state index contributed by atoms with van der Waals surface area (Å²) in [5.74, 6) is 1.07. The molecule has 0 spiro atoms. The molecule has 0 unspecified atom stereocenters. The lowest BCUT2D eigenvalue weighted by Gasteiger charge is -2.00. The van der Waals surface area contributed by atoms with Gasteiger partial charge in [-0.15, -0.1) is 0 Å². The van der Waals surface area contributed by atoms with E-state index in [1.54, 1.807) is 0 Å². The van der Waals surface area contributed by atoms with Gasteiger partial charge in [-0.1, -0.05) is 0 Å². The number of aryl methyl sites for hydroxylation is 1. The van der Waals surface area contributed by atoms with E-state index >= 15 is 0 Å². The van der Waals surface area contributed by atoms with Gasteiger partial charge in [0.1, 0.15) is 5.82 Å². The first-order chi connectivity index (χ1) is 6.34. The lowest BCUT2D eigenvalue weighted by molar-refractivity contribution is 0.966. The average molecular weight is 173 g/mol. The van der Waals surface area contributed by atoms with Crippen molar-refractivity contribution >= 4 is 16.9 Å². The Morgan fingerprint density at radius 2 is 2.46 bits per heavy atom. The van der Waals surface area contributed by atoms with Crippen molar-refractivity contribution in [1.29, 1.82) is 0 Å². The fourth-order valence-corrected chi connectivity index (χ4v) is 1.88. The van der Waals surface area contributed by atoms with Crippen LogP contribution in [0.15, 0.2) is 18.3 Å². The third-order valence-corrected chi connectivity index (χ3v) is 2.63. The van der Waals surface area contributed by atoms with Gasteiger partial charge in [0.15, 0.2) is 0 Å². The zero-order valence-electron chi connectivity index (χ0n) is 7.54. The molecule has 0 aromatic carbocycles. The number of nitrogens with zero attached hydrogens (tertiary/aromatic N) is 2. The molecular formula is C10H11N3. The number of pyridine rings is 1. The lowest BCUT2D eigenvalue weighted by Crippen LogP contribution is -1.93. The van der Waals surface area contributed by atoms with Gasteiger partial charge >= 0.3 is 0 Å². The van der Waals surface area contributed by atoms with E-state index in [1.165, 1.54) is 11.1 Å². The van der Waals surface area contributed by atoms with E-state index in [9.17, 15) is 0 Å². The van der Waals surface area contributed by atoms with Gasteiger partial charge in [-0.3, -0.25) is 0 Å². The normalized spacial score (nSPS) is 14.5. The third-order valence-electron chi connectivity index (χ3n) is 2.63. The van der Waals surface area contributed by atoms with Crippen LogP contribution in [0, 0.1) is 0 Å². The topological polar surface area (TPSA) is 29.9 Å². The van der Waals surface area contributed by atoms with Crippen molar-refractivity contribution in [2.75, 3.05) is 11.9 Å². The van der Waals surface area contributed by atoms with E-state index in [2.05, 4.69) is 34.0 Å². The largest absolute Gasteiger partial charge is 0.369 e. The van der Waals surface area contributed by atoms with Crippen LogP contribution in [0.1, 0.15) is 5.56 Å². The van der Waals surface area contributed by atoms with E-state index in [-0.39, 0.29) is 0 Å². The molecule has 13 heavy (non-hydrogen) atoms. The maximum absolute atomic E-state index is 4.54. The predicted octanol–water partition coefficient (Wildman–Crippen LogP) is 1.54. The third kappa shape index (κ3) is 0.869. The molecule has 0 saturated carbocycles. The maximum Gasteiger partial charge on any atom is 0.130 e. The molecule has 0 fully saturated rings. The Balaban J connectivity index is 2.38. The average Bonchev–Trinajstić information content (AvgIpc) is 2.70. The molecule has 0 bridgehead atoms. The van der Waals surface area contributed by atoms with Crippen molar-refractivity contribution in [2.45, 2.75) is 6.42 Å². The highest BCUT2D eigenvalue weighted by Gasteiger charge is 2.13. The van der Waals surface area contributed by atoms with Crippen LogP contribution in [0.5, 0.6) is 0 Å². The number of anilines is 1. The minimum absolute atomic E-state index is 1.03. The molecule has 1 aliphatic heterocycles. The summed E-state index contributed by atoms with van der Waals surface area (Å²) in [5.41, 5.74) is 3.65. The molecule has 0 aliphatic carbocycles. The predicted molar refractivity (Wildman–Crippen MR) is 52.9 cm³/mol. The van der Waals surface area contributed by atoms with Crippen LogP contribution >= 0.6 is 0 Å². The molecular weight excluding hydrogens is 162 g/mol. The van der Waals surface area contributed by atoms with Gasteiger partial charge in [-0.2, -0.15) is 0 Å². The second-order valence-corrected chi connectivity index (χ2v) is 3.50. The summed E-state index contributed by atoms with van der Waals surface area (Å²) in [5, 5.41) is 3.28. The number of hydrogen-bond acceptors (Lipinski definition) is 2. The molecule has 2 aromatic rings. The Hall–Kier alpha value is -1.51. The number of aromatic nitrogens is 2. The second-order valence-electron chi connectivity index (χ2n) is 3.50. The number of fused-ring (bicyclic) bond motifs is 2. The van der Waals surface area contributed by atoms with Gasteiger partial charge in [-0.05, 0) is 24.1 Å². The van der Waals surface area contributed by atoms with Crippen LogP contribution in [0.25, 0.3) is 11.0 Å². The van der Waals surface area contributed by atoms with Crippen LogP contribution in [0.4, 0.5) is 5.82 Å². The summed E-state index contributed by atoms with van der Waals surface area (Å²) in [7, 11) is 2.05. The molecule has 3 rings (SSSR count). The summed E-state index contributed by atoms with van der Waals surface area (Å²) in [6, 6.07) is 4.28. The van der Waals surface area contributed by atoms with Crippen LogP contribution in [-0.4, -0.2) is 16.1 Å². The summed E-state index contributed by atoms with van der Waals surface area (Å²) < 4.78 is 2.11. The zero-order chi connectivity index (χ0) is 8.84. The summed E-state index contributed by atoms with van der Waals surface area (Å²) in [6.07, 6.45) is 3.15. The SMILES string of the molecule is Cn1ccc2nc3c(cc21)CCN3. The van der Waals surface area contributed by atoms with Crippen molar-refractivity contribution in [3.63, 3.8) is 0 Å². The van der Waals surface area contributed by atoms with Crippen molar-refractivity contribution < 1.29 is 0 Å². The van der Waals surface area contributed by atoms with Crippen LogP contribution in [0.2, 0.25) is 0 Å². The van der Waals surface area contributed by atoms with Gasteiger partial charge < -0.3 is 9.88 Å². The van der Waals surface area contributed by atoms with Gasteiger partial charge in [0, 0.05) is 19.8 Å². The summed E-state index contributed by atoms with van der Waals surface area (Å²) >= 11 is 0. The maximum atomic E-state index is 4.54. The lowest BCUT2D eigenvalue weighted by atomic mass is 10.2. The molecule has 0 amide bonds. The molecule has 3 heterocycles. The van der Waals surface area contributed by atoms with Crippen molar-refractivity contribution in [2.24, 2.45) is 7.05 Å². The second kappa shape index (κ2) is 2.25. The van der Waals surface area contributed by atoms with E-state index in [4.69, 9.17) is 0 Å². The number of rotatable bonds is 0. The number of hydrogen-bond donors (Lipinski definition) is 1. The van der Waals surface area contributed by atoms with Crippen molar-refractivity contribution in [3.05, 3.63) is 23.9 Å². The van der Waals surface area contributed by atoms with E-state index in [1.807, 2.05) is 6.20 Å². The van der Waals surface area contributed by atoms with E-state index in [0.717, 1.165) is 24.3 Å². The smallest absolute Gasteiger partial charge is 0.130 e. The molecule has 66 valence electrons. The van der Waals surface area contributed by atoms with E-state index in [0.29, 0.717) is 0 Å². The highest BCUT2D eigenvalue weighted by atomic mass is 15.0. The van der Waals surface area contributed by atoms with Gasteiger partial charge in [0.25, 0.3) is 0 Å². The van der Waals surface area contributed by atoms with Crippen LogP contribution in [0.3, 0.4) is 0 Å². The molecule has 0 atom stereocenters. The minimum Gasteiger partial charge on any atom is -0.369 e. The summed E-state index contributed by atoms with van der Waals surface area (Å²) in [6.45, 7) is 1.03. The molecule has 2 aromatic heterocycles. The molecule has 3 nitrogen and oxygen atoms in total. The number of nitrogens with one attached hydrogen (secondary N) is 1. The first-order valence-electron chi connectivity index (χ1n) is 4.53. The molecule has 3 heteroatoms. The molecule has 0 saturated heterocycles. The van der Waals surface area contributed by atoms with Crippen LogP contribution < -0.4 is 5.32 Å². The van der Waals surface area contributed by atoms with E-state index < -0.39 is 0 Å². The first-order valence-corrected chi connectivity index (χ1v) is 4.53. The van der Waals surface area contributed by atoms with Crippen LogP contribution in [-0.2, 0) is 13.5 Å². The summed E-state index contributed by atoms with van der Waals surface area (Å²) in [4.78, 5) is 4.54. The quantitative estimate of drug-likeness (QED) is 0.655. The minimum atomic E-state index is 1.03. The fraction of sp³-hybridized carbons (Fsp3) is 0.300. The van der Waals surface area contributed by atoms with Gasteiger partial charge in [0.2, 0.25) is 0 Å². The first kappa shape index (κ1) is 6.95. The Labute approximate surface area is 76.4 Å². The monoisotopic (exact) mass is 173 g/mol. The Morgan fingerprint density at radius 3 is 3.38 bits per heavy atom. The highest BCUT2D eigenvalue weighted by molar-refractivity contribution is 5.79. The van der Waals surface area contributed by atoms with Crippen molar-refractivity contribution in [3.8, 4) is 0 Å². The van der Waals surface area contributed by atoms with Gasteiger partial charge in [0.05, 0.1) is 11.0 Å². The van der Waals surface area contributed by atoms with Gasteiger partial charge in [-0.25, -0.2) is 4.98 Å². The molecule has 1 aliphatic rings. The molecule has 1 N–H and O–H groups in total. The fourth-order valence-electron chi connectivity index (χ4n) is 1.88.